The predicted molar refractivity (Wildman–Crippen MR) is 143 cm³/mol. The van der Waals surface area contributed by atoms with Crippen LogP contribution < -0.4 is 10.6 Å². The Labute approximate surface area is 225 Å². The monoisotopic (exact) mass is 539 g/mol. The number of piperidine rings is 1. The Morgan fingerprint density at radius 2 is 1.42 bits per heavy atom. The second kappa shape index (κ2) is 12.6. The van der Waals surface area contributed by atoms with E-state index in [0.29, 0.717) is 25.2 Å². The minimum atomic E-state index is -1.16. The maximum atomic E-state index is 13.7. The van der Waals surface area contributed by atoms with Crippen molar-refractivity contribution in [2.45, 2.75) is 38.0 Å². The summed E-state index contributed by atoms with van der Waals surface area (Å²) < 4.78 is 27.1. The lowest BCUT2D eigenvalue weighted by molar-refractivity contribution is -0.117. The van der Waals surface area contributed by atoms with E-state index in [0.717, 1.165) is 36.2 Å². The van der Waals surface area contributed by atoms with E-state index in [-0.39, 0.29) is 42.0 Å². The molecule has 1 heterocycles. The number of rotatable bonds is 8. The van der Waals surface area contributed by atoms with Gasteiger partial charge in [0, 0.05) is 42.9 Å². The van der Waals surface area contributed by atoms with E-state index in [1.165, 1.54) is 0 Å². The molecule has 1 saturated heterocycles. The normalized spacial score (nSPS) is 13.7. The minimum Gasteiger partial charge on any atom is -0.339 e. The molecule has 1 fully saturated rings. The summed E-state index contributed by atoms with van der Waals surface area (Å²) in [6.45, 7) is 0.965. The van der Waals surface area contributed by atoms with Crippen molar-refractivity contribution in [3.05, 3.63) is 94.5 Å². The molecule has 198 valence electrons. The zero-order chi connectivity index (χ0) is 27.1. The summed E-state index contributed by atoms with van der Waals surface area (Å²) in [6, 6.07) is 18.8. The molecule has 9 heteroatoms. The van der Waals surface area contributed by atoms with Gasteiger partial charge < -0.3 is 15.5 Å². The van der Waals surface area contributed by atoms with Crippen molar-refractivity contribution in [1.29, 1.82) is 0 Å². The van der Waals surface area contributed by atoms with E-state index in [4.69, 9.17) is 11.6 Å². The number of nitrogens with zero attached hydrogens (tertiary/aromatic N) is 1. The van der Waals surface area contributed by atoms with Gasteiger partial charge in [0.25, 0.3) is 5.91 Å². The first-order chi connectivity index (χ1) is 18.3. The summed E-state index contributed by atoms with van der Waals surface area (Å²) >= 11 is 5.69. The molecule has 0 bridgehead atoms. The highest BCUT2D eigenvalue weighted by molar-refractivity contribution is 6.31. The number of halogens is 3. The number of anilines is 2. The lowest BCUT2D eigenvalue weighted by Gasteiger charge is -2.32. The average molecular weight is 540 g/mol. The fourth-order valence-electron chi connectivity index (χ4n) is 4.49. The zero-order valence-electron chi connectivity index (χ0n) is 20.7. The SMILES string of the molecule is O=C(CCCC(=O)Nc1ccc(C2CCN(C(=O)c3cc(F)c(F)c(Cl)c3)CC2)cc1)Nc1ccccc1. The lowest BCUT2D eigenvalue weighted by Crippen LogP contribution is -2.38. The molecule has 1 aliphatic rings. The van der Waals surface area contributed by atoms with Crippen LogP contribution in [0.5, 0.6) is 0 Å². The summed E-state index contributed by atoms with van der Waals surface area (Å²) in [5, 5.41) is 5.24. The molecule has 3 aromatic carbocycles. The summed E-state index contributed by atoms with van der Waals surface area (Å²) in [4.78, 5) is 38.6. The van der Waals surface area contributed by atoms with Gasteiger partial charge in [-0.05, 0) is 67.1 Å². The van der Waals surface area contributed by atoms with Crippen molar-refractivity contribution in [3.63, 3.8) is 0 Å². The molecule has 0 aliphatic carbocycles. The van der Waals surface area contributed by atoms with Crippen LogP contribution >= 0.6 is 11.6 Å². The van der Waals surface area contributed by atoms with Crippen LogP contribution in [-0.4, -0.2) is 35.7 Å². The maximum absolute atomic E-state index is 13.7. The van der Waals surface area contributed by atoms with E-state index in [9.17, 15) is 23.2 Å². The van der Waals surface area contributed by atoms with Crippen molar-refractivity contribution < 1.29 is 23.2 Å². The Hall–Kier alpha value is -3.78. The van der Waals surface area contributed by atoms with Gasteiger partial charge in [-0.1, -0.05) is 41.9 Å². The third-order valence-electron chi connectivity index (χ3n) is 6.54. The molecule has 0 aromatic heterocycles. The summed E-state index contributed by atoms with van der Waals surface area (Å²) in [5.74, 6) is -2.73. The number of nitrogens with one attached hydrogen (secondary N) is 2. The van der Waals surface area contributed by atoms with Crippen LogP contribution in [0.15, 0.2) is 66.7 Å². The lowest BCUT2D eigenvalue weighted by atomic mass is 9.89. The van der Waals surface area contributed by atoms with Gasteiger partial charge in [-0.3, -0.25) is 14.4 Å². The van der Waals surface area contributed by atoms with Gasteiger partial charge in [-0.25, -0.2) is 8.78 Å². The molecule has 6 nitrogen and oxygen atoms in total. The van der Waals surface area contributed by atoms with E-state index in [2.05, 4.69) is 10.6 Å². The van der Waals surface area contributed by atoms with Crippen LogP contribution in [0.1, 0.15) is 53.9 Å². The van der Waals surface area contributed by atoms with E-state index in [1.807, 2.05) is 54.6 Å². The summed E-state index contributed by atoms with van der Waals surface area (Å²) in [7, 11) is 0. The van der Waals surface area contributed by atoms with Crippen LogP contribution in [0, 0.1) is 11.6 Å². The molecule has 0 radical (unpaired) electrons. The van der Waals surface area contributed by atoms with E-state index < -0.39 is 16.7 Å². The van der Waals surface area contributed by atoms with Crippen molar-refractivity contribution in [2.24, 2.45) is 0 Å². The van der Waals surface area contributed by atoms with Gasteiger partial charge in [-0.15, -0.1) is 0 Å². The second-order valence-electron chi connectivity index (χ2n) is 9.26. The predicted octanol–water partition coefficient (Wildman–Crippen LogP) is 6.39. The Kier molecular flexibility index (Phi) is 9.07. The van der Waals surface area contributed by atoms with Gasteiger partial charge >= 0.3 is 0 Å². The molecule has 38 heavy (non-hydrogen) atoms. The molecular formula is C29H28ClF2N3O3. The maximum Gasteiger partial charge on any atom is 0.254 e. The smallest absolute Gasteiger partial charge is 0.254 e. The number of carbonyl (C=O) groups excluding carboxylic acids is 3. The second-order valence-corrected chi connectivity index (χ2v) is 9.67. The quantitative estimate of drug-likeness (QED) is 0.326. The molecule has 0 unspecified atom stereocenters. The van der Waals surface area contributed by atoms with Crippen LogP contribution in [0.3, 0.4) is 0 Å². The van der Waals surface area contributed by atoms with Gasteiger partial charge in [0.15, 0.2) is 11.6 Å². The highest BCUT2D eigenvalue weighted by Crippen LogP contribution is 2.30. The Bertz CT molecular complexity index is 1270. The van der Waals surface area contributed by atoms with Crippen molar-refractivity contribution in [3.8, 4) is 0 Å². The number of hydrogen-bond acceptors (Lipinski definition) is 3. The molecule has 0 saturated carbocycles. The van der Waals surface area contributed by atoms with Gasteiger partial charge in [-0.2, -0.15) is 0 Å². The van der Waals surface area contributed by atoms with Crippen LogP contribution in [0.2, 0.25) is 5.02 Å². The largest absolute Gasteiger partial charge is 0.339 e. The Balaban J connectivity index is 1.20. The van der Waals surface area contributed by atoms with Crippen LogP contribution in [0.25, 0.3) is 0 Å². The number of carbonyl (C=O) groups is 3. The number of benzene rings is 3. The van der Waals surface area contributed by atoms with E-state index >= 15 is 0 Å². The molecule has 1 aliphatic heterocycles. The number of amides is 3. The average Bonchev–Trinajstić information content (AvgIpc) is 2.92. The molecule has 2 N–H and O–H groups in total. The van der Waals surface area contributed by atoms with E-state index in [1.54, 1.807) is 4.90 Å². The molecule has 0 spiro atoms. The molecule has 0 atom stereocenters. The summed E-state index contributed by atoms with van der Waals surface area (Å²) in [5.41, 5.74) is 2.54. The minimum absolute atomic E-state index is 0.0317. The fourth-order valence-corrected chi connectivity index (χ4v) is 4.70. The standard InChI is InChI=1S/C29H28ClF2N3O3/c30-24-17-21(18-25(31)28(24)32)29(38)35-15-13-20(14-16-35)19-9-11-23(12-10-19)34-27(37)8-4-7-26(36)33-22-5-2-1-3-6-22/h1-3,5-6,9-12,17-18,20H,4,7-8,13-16H2,(H,33,36)(H,34,37). The fraction of sp³-hybridized carbons (Fsp3) is 0.276. The Morgan fingerprint density at radius 1 is 0.842 bits per heavy atom. The van der Waals surface area contributed by atoms with Gasteiger partial charge in [0.2, 0.25) is 11.8 Å². The third-order valence-corrected chi connectivity index (χ3v) is 6.82. The first kappa shape index (κ1) is 27.3. The first-order valence-electron chi connectivity index (χ1n) is 12.5. The molecular weight excluding hydrogens is 512 g/mol. The van der Waals surface area contributed by atoms with Gasteiger partial charge in [0.1, 0.15) is 0 Å². The molecule has 3 amide bonds. The van der Waals surface area contributed by atoms with Crippen LogP contribution in [0.4, 0.5) is 20.2 Å². The zero-order valence-corrected chi connectivity index (χ0v) is 21.4. The third kappa shape index (κ3) is 7.16. The first-order valence-corrected chi connectivity index (χ1v) is 12.9. The molecule has 3 aromatic rings. The summed E-state index contributed by atoms with van der Waals surface area (Å²) in [6.07, 6.45) is 2.38. The number of hydrogen-bond donors (Lipinski definition) is 2. The Morgan fingerprint density at radius 3 is 2.00 bits per heavy atom. The van der Waals surface area contributed by atoms with Crippen molar-refractivity contribution >= 4 is 40.7 Å². The van der Waals surface area contributed by atoms with Crippen LogP contribution in [-0.2, 0) is 9.59 Å². The molecule has 4 rings (SSSR count). The van der Waals surface area contributed by atoms with Gasteiger partial charge in [0.05, 0.1) is 5.02 Å². The highest BCUT2D eigenvalue weighted by atomic mass is 35.5. The van der Waals surface area contributed by atoms with Crippen molar-refractivity contribution in [2.75, 3.05) is 23.7 Å². The topological polar surface area (TPSA) is 78.5 Å². The van der Waals surface area contributed by atoms with Crippen molar-refractivity contribution in [1.82, 2.24) is 4.90 Å². The highest BCUT2D eigenvalue weighted by Gasteiger charge is 2.26. The number of para-hydroxylation sites is 1. The number of likely N-dealkylation sites (tertiary alicyclic amines) is 1.